The first-order valence-corrected chi connectivity index (χ1v) is 8.83. The van der Waals surface area contributed by atoms with Crippen molar-refractivity contribution in [1.29, 1.82) is 0 Å². The van der Waals surface area contributed by atoms with Crippen LogP contribution in [0, 0.1) is 0 Å². The molecule has 0 unspecified atom stereocenters. The van der Waals surface area contributed by atoms with E-state index in [4.69, 9.17) is 9.94 Å². The number of benzene rings is 3. The van der Waals surface area contributed by atoms with Crippen LogP contribution in [-0.4, -0.2) is 17.7 Å². The Balaban J connectivity index is 1.75. The number of rotatable bonds is 3. The molecule has 0 aliphatic carbocycles. The van der Waals surface area contributed by atoms with Gasteiger partial charge in [-0.1, -0.05) is 54.6 Å². The van der Waals surface area contributed by atoms with Gasteiger partial charge in [-0.15, -0.1) is 0 Å². The molecule has 3 aromatic carbocycles. The van der Waals surface area contributed by atoms with Crippen molar-refractivity contribution < 1.29 is 14.7 Å². The van der Waals surface area contributed by atoms with E-state index in [0.717, 1.165) is 11.3 Å². The summed E-state index contributed by atoms with van der Waals surface area (Å²) < 4.78 is 6.10. The Morgan fingerprint density at radius 2 is 1.70 bits per heavy atom. The number of amides is 1. The average molecular weight is 360 g/mol. The van der Waals surface area contributed by atoms with Gasteiger partial charge in [0, 0.05) is 23.4 Å². The van der Waals surface area contributed by atoms with Gasteiger partial charge in [0.15, 0.2) is 0 Å². The number of hydrogen-bond acceptors (Lipinski definition) is 4. The summed E-state index contributed by atoms with van der Waals surface area (Å²) >= 11 is 0. The Morgan fingerprint density at radius 3 is 2.41 bits per heavy atom. The second-order valence-corrected chi connectivity index (χ2v) is 6.46. The van der Waals surface area contributed by atoms with Crippen LogP contribution < -0.4 is 15.1 Å². The van der Waals surface area contributed by atoms with Gasteiger partial charge in [0.2, 0.25) is 0 Å². The Morgan fingerprint density at radius 1 is 1.00 bits per heavy atom. The first-order valence-electron chi connectivity index (χ1n) is 8.83. The van der Waals surface area contributed by atoms with Crippen LogP contribution >= 0.6 is 0 Å². The molecule has 1 amide bonds. The maximum absolute atomic E-state index is 11.7. The minimum Gasteiger partial charge on any atom is -0.491 e. The van der Waals surface area contributed by atoms with Gasteiger partial charge < -0.3 is 9.64 Å². The van der Waals surface area contributed by atoms with E-state index in [9.17, 15) is 4.79 Å². The maximum atomic E-state index is 11.7. The average Bonchev–Trinajstić information content (AvgIpc) is 2.93. The molecule has 0 saturated carbocycles. The first kappa shape index (κ1) is 17.1. The van der Waals surface area contributed by atoms with Gasteiger partial charge in [0.1, 0.15) is 12.4 Å². The molecular weight excluding hydrogens is 340 g/mol. The molecule has 3 aromatic rings. The number of ether oxygens (including phenoxy) is 1. The van der Waals surface area contributed by atoms with Crippen molar-refractivity contribution in [2.75, 3.05) is 11.5 Å². The molecule has 5 heteroatoms. The van der Waals surface area contributed by atoms with Crippen molar-refractivity contribution in [2.24, 2.45) is 0 Å². The summed E-state index contributed by atoms with van der Waals surface area (Å²) in [6.07, 6.45) is 0. The van der Waals surface area contributed by atoms with Gasteiger partial charge >= 0.3 is 0 Å². The van der Waals surface area contributed by atoms with Gasteiger partial charge in [-0.05, 0) is 29.8 Å². The smallest absolute Gasteiger partial charge is 0.274 e. The largest absolute Gasteiger partial charge is 0.491 e. The molecule has 136 valence electrons. The fraction of sp³-hybridized carbons (Fsp3) is 0.136. The van der Waals surface area contributed by atoms with Crippen LogP contribution in [0.4, 0.5) is 5.69 Å². The summed E-state index contributed by atoms with van der Waals surface area (Å²) in [5, 5.41) is 8.88. The van der Waals surface area contributed by atoms with Crippen LogP contribution in [0.25, 0.3) is 0 Å². The predicted octanol–water partition coefficient (Wildman–Crippen LogP) is 3.95. The van der Waals surface area contributed by atoms with Crippen molar-refractivity contribution in [1.82, 2.24) is 5.48 Å². The molecule has 27 heavy (non-hydrogen) atoms. The third-order valence-electron chi connectivity index (χ3n) is 4.82. The number of anilines is 1. The molecule has 4 rings (SSSR count). The Hall–Kier alpha value is -3.31. The summed E-state index contributed by atoms with van der Waals surface area (Å²) in [7, 11) is 0. The van der Waals surface area contributed by atoms with Crippen LogP contribution in [0.2, 0.25) is 0 Å². The summed E-state index contributed by atoms with van der Waals surface area (Å²) in [6.45, 7) is 1.11. The molecule has 0 fully saturated rings. The van der Waals surface area contributed by atoms with Crippen molar-refractivity contribution in [3.8, 4) is 5.75 Å². The lowest BCUT2D eigenvalue weighted by Gasteiger charge is -2.31. The highest BCUT2D eigenvalue weighted by Crippen LogP contribution is 2.35. The lowest BCUT2D eigenvalue weighted by atomic mass is 10.0. The van der Waals surface area contributed by atoms with Gasteiger partial charge in [-0.3, -0.25) is 10.0 Å². The molecule has 1 atom stereocenters. The van der Waals surface area contributed by atoms with Gasteiger partial charge in [0.25, 0.3) is 5.91 Å². The molecule has 1 heterocycles. The SMILES string of the molecule is O=C(NO)c1ccc2c(c1)OC[C@@H](c1ccccc1)N(c1ccccc1)C2. The van der Waals surface area contributed by atoms with E-state index in [0.29, 0.717) is 24.5 Å². The maximum Gasteiger partial charge on any atom is 0.274 e. The zero-order valence-electron chi connectivity index (χ0n) is 14.7. The summed E-state index contributed by atoms with van der Waals surface area (Å²) in [5.74, 6) is 0.112. The van der Waals surface area contributed by atoms with E-state index < -0.39 is 5.91 Å². The van der Waals surface area contributed by atoms with E-state index in [1.54, 1.807) is 17.6 Å². The van der Waals surface area contributed by atoms with E-state index in [1.165, 1.54) is 5.56 Å². The number of nitrogens with one attached hydrogen (secondary N) is 1. The van der Waals surface area contributed by atoms with Gasteiger partial charge in [-0.2, -0.15) is 0 Å². The van der Waals surface area contributed by atoms with E-state index >= 15 is 0 Å². The fourth-order valence-electron chi connectivity index (χ4n) is 3.42. The summed E-state index contributed by atoms with van der Waals surface area (Å²) in [6, 6.07) is 25.8. The lowest BCUT2D eigenvalue weighted by Crippen LogP contribution is -2.30. The lowest BCUT2D eigenvalue weighted by molar-refractivity contribution is 0.0706. The molecular formula is C22H20N2O3. The summed E-state index contributed by atoms with van der Waals surface area (Å²) in [5.41, 5.74) is 5.30. The van der Waals surface area contributed by atoms with Crippen LogP contribution in [0.15, 0.2) is 78.9 Å². The first-order chi connectivity index (χ1) is 13.3. The highest BCUT2D eigenvalue weighted by molar-refractivity contribution is 5.93. The van der Waals surface area contributed by atoms with Gasteiger partial charge in [-0.25, -0.2) is 5.48 Å². The number of hydroxylamine groups is 1. The van der Waals surface area contributed by atoms with E-state index in [1.807, 2.05) is 42.5 Å². The molecule has 1 aliphatic rings. The highest BCUT2D eigenvalue weighted by atomic mass is 16.5. The topological polar surface area (TPSA) is 61.8 Å². The number of hydrogen-bond donors (Lipinski definition) is 2. The fourth-order valence-corrected chi connectivity index (χ4v) is 3.42. The van der Waals surface area contributed by atoms with E-state index in [2.05, 4.69) is 29.2 Å². The Labute approximate surface area is 157 Å². The zero-order chi connectivity index (χ0) is 18.6. The van der Waals surface area contributed by atoms with Crippen LogP contribution in [-0.2, 0) is 6.54 Å². The molecule has 0 bridgehead atoms. The molecule has 0 aromatic heterocycles. The van der Waals surface area contributed by atoms with Crippen LogP contribution in [0.3, 0.4) is 0 Å². The number of fused-ring (bicyclic) bond motifs is 1. The standard InChI is InChI=1S/C22H20N2O3/c25-22(23-26)17-11-12-18-14-24(19-9-5-2-6-10-19)20(15-27-21(18)13-17)16-7-3-1-4-8-16/h1-13,20,26H,14-15H2,(H,23,25)/t20-/m0/s1. The quantitative estimate of drug-likeness (QED) is 0.548. The molecule has 1 aliphatic heterocycles. The molecule has 2 N–H and O–H groups in total. The second kappa shape index (κ2) is 7.51. The highest BCUT2D eigenvalue weighted by Gasteiger charge is 2.27. The zero-order valence-corrected chi connectivity index (χ0v) is 14.7. The summed E-state index contributed by atoms with van der Waals surface area (Å²) in [4.78, 5) is 14.0. The number of para-hydroxylation sites is 1. The monoisotopic (exact) mass is 360 g/mol. The normalized spacial score (nSPS) is 16.0. The third-order valence-corrected chi connectivity index (χ3v) is 4.82. The minimum absolute atomic E-state index is 0.0381. The molecule has 0 radical (unpaired) electrons. The Bertz CT molecular complexity index is 929. The number of carbonyl (C=O) groups excluding carboxylic acids is 1. The van der Waals surface area contributed by atoms with Crippen molar-refractivity contribution >= 4 is 11.6 Å². The molecule has 5 nitrogen and oxygen atoms in total. The van der Waals surface area contributed by atoms with E-state index in [-0.39, 0.29) is 6.04 Å². The van der Waals surface area contributed by atoms with Crippen molar-refractivity contribution in [3.05, 3.63) is 95.6 Å². The minimum atomic E-state index is -0.551. The van der Waals surface area contributed by atoms with Crippen LogP contribution in [0.5, 0.6) is 5.75 Å². The molecule has 0 saturated heterocycles. The van der Waals surface area contributed by atoms with Gasteiger partial charge in [0.05, 0.1) is 6.04 Å². The van der Waals surface area contributed by atoms with Crippen molar-refractivity contribution in [2.45, 2.75) is 12.6 Å². The van der Waals surface area contributed by atoms with Crippen LogP contribution in [0.1, 0.15) is 27.5 Å². The Kier molecular flexibility index (Phi) is 4.77. The molecule has 0 spiro atoms. The number of carbonyl (C=O) groups is 1. The third kappa shape index (κ3) is 3.50. The van der Waals surface area contributed by atoms with Crippen molar-refractivity contribution in [3.63, 3.8) is 0 Å². The predicted molar refractivity (Wildman–Crippen MR) is 103 cm³/mol. The number of nitrogens with zero attached hydrogens (tertiary/aromatic N) is 1. The second-order valence-electron chi connectivity index (χ2n) is 6.46.